The molecule has 1 aromatic rings. The van der Waals surface area contributed by atoms with Crippen molar-refractivity contribution in [2.45, 2.75) is 45.2 Å². The Kier molecular flexibility index (Phi) is 6.85. The van der Waals surface area contributed by atoms with Crippen LogP contribution in [0, 0.1) is 0 Å². The van der Waals surface area contributed by atoms with Crippen molar-refractivity contribution in [2.75, 3.05) is 33.1 Å². The third kappa shape index (κ3) is 4.27. The molecule has 144 valence electrons. The maximum Gasteiger partial charge on any atom is 0.256 e. The van der Waals surface area contributed by atoms with Gasteiger partial charge in [-0.3, -0.25) is 9.59 Å². The number of piperidine rings is 1. The number of likely N-dealkylation sites (N-methyl/N-ethyl adjacent to an activating group) is 1. The number of likely N-dealkylation sites (tertiary alicyclic amines) is 1. The zero-order chi connectivity index (χ0) is 19.3. The highest BCUT2D eigenvalue weighted by Gasteiger charge is 2.31. The van der Waals surface area contributed by atoms with E-state index in [-0.39, 0.29) is 30.4 Å². The fraction of sp³-hybridized carbons (Fsp3) is 0.579. The van der Waals surface area contributed by atoms with Gasteiger partial charge in [-0.15, -0.1) is 0 Å². The molecule has 0 radical (unpaired) electrons. The molecule has 1 heterocycles. The average molecular weight is 363 g/mol. The van der Waals surface area contributed by atoms with Gasteiger partial charge in [0.05, 0.1) is 32.0 Å². The molecule has 7 heteroatoms. The van der Waals surface area contributed by atoms with Crippen LogP contribution < -0.4 is 20.1 Å². The second kappa shape index (κ2) is 8.89. The van der Waals surface area contributed by atoms with Gasteiger partial charge in [-0.1, -0.05) is 0 Å². The first-order chi connectivity index (χ1) is 12.4. The Hall–Kier alpha value is -2.28. The van der Waals surface area contributed by atoms with Gasteiger partial charge in [0.1, 0.15) is 0 Å². The van der Waals surface area contributed by atoms with Crippen molar-refractivity contribution >= 4 is 17.5 Å². The van der Waals surface area contributed by atoms with Gasteiger partial charge in [-0.2, -0.15) is 0 Å². The fourth-order valence-corrected chi connectivity index (χ4v) is 3.47. The smallest absolute Gasteiger partial charge is 0.256 e. The summed E-state index contributed by atoms with van der Waals surface area (Å²) in [4.78, 5) is 27.3. The van der Waals surface area contributed by atoms with Crippen molar-refractivity contribution < 1.29 is 19.1 Å². The predicted octanol–water partition coefficient (Wildman–Crippen LogP) is 2.26. The third-order valence-corrected chi connectivity index (χ3v) is 4.79. The van der Waals surface area contributed by atoms with E-state index in [1.807, 2.05) is 4.90 Å². The van der Waals surface area contributed by atoms with Crippen LogP contribution in [0.1, 0.15) is 43.5 Å². The lowest BCUT2D eigenvalue weighted by molar-refractivity contribution is -0.115. The van der Waals surface area contributed by atoms with Crippen LogP contribution in [0.3, 0.4) is 0 Å². The van der Waals surface area contributed by atoms with E-state index in [0.717, 1.165) is 19.3 Å². The van der Waals surface area contributed by atoms with Gasteiger partial charge < -0.3 is 25.0 Å². The van der Waals surface area contributed by atoms with E-state index in [9.17, 15) is 9.59 Å². The summed E-state index contributed by atoms with van der Waals surface area (Å²) >= 11 is 0. The van der Waals surface area contributed by atoms with Crippen LogP contribution in [0.2, 0.25) is 0 Å². The van der Waals surface area contributed by atoms with Crippen molar-refractivity contribution in [1.29, 1.82) is 0 Å². The van der Waals surface area contributed by atoms with E-state index < -0.39 is 0 Å². The van der Waals surface area contributed by atoms with Crippen LogP contribution >= 0.6 is 0 Å². The average Bonchev–Trinajstić information content (AvgIpc) is 2.61. The molecule has 0 aromatic heterocycles. The maximum absolute atomic E-state index is 13.3. The Morgan fingerprint density at radius 3 is 2.23 bits per heavy atom. The quantitative estimate of drug-likeness (QED) is 0.810. The first-order valence-electron chi connectivity index (χ1n) is 8.96. The molecule has 1 aliphatic rings. The Morgan fingerprint density at radius 1 is 1.12 bits per heavy atom. The predicted molar refractivity (Wildman–Crippen MR) is 101 cm³/mol. The number of benzene rings is 1. The van der Waals surface area contributed by atoms with Crippen molar-refractivity contribution in [3.63, 3.8) is 0 Å². The molecular weight excluding hydrogens is 334 g/mol. The molecule has 7 nitrogen and oxygen atoms in total. The summed E-state index contributed by atoms with van der Waals surface area (Å²) in [5, 5.41) is 5.60. The topological polar surface area (TPSA) is 79.9 Å². The van der Waals surface area contributed by atoms with Crippen molar-refractivity contribution in [2.24, 2.45) is 0 Å². The molecule has 2 N–H and O–H groups in total. The summed E-state index contributed by atoms with van der Waals surface area (Å²) in [6, 6.07) is 3.59. The van der Waals surface area contributed by atoms with Crippen molar-refractivity contribution in [3.8, 4) is 11.5 Å². The Balaban J connectivity index is 2.46. The largest absolute Gasteiger partial charge is 0.493 e. The van der Waals surface area contributed by atoms with Crippen LogP contribution in [0.25, 0.3) is 0 Å². The van der Waals surface area contributed by atoms with Gasteiger partial charge in [0.2, 0.25) is 5.91 Å². The minimum absolute atomic E-state index is 0.106. The second-order valence-corrected chi connectivity index (χ2v) is 6.67. The molecule has 2 rings (SSSR count). The summed E-state index contributed by atoms with van der Waals surface area (Å²) in [5.41, 5.74) is 0.838. The van der Waals surface area contributed by atoms with Gasteiger partial charge in [0.15, 0.2) is 11.5 Å². The van der Waals surface area contributed by atoms with E-state index >= 15 is 0 Å². The van der Waals surface area contributed by atoms with Gasteiger partial charge in [0, 0.05) is 18.2 Å². The highest BCUT2D eigenvalue weighted by Crippen LogP contribution is 2.35. The van der Waals surface area contributed by atoms with Crippen molar-refractivity contribution in [1.82, 2.24) is 10.2 Å². The number of hydrogen-bond acceptors (Lipinski definition) is 5. The lowest BCUT2D eigenvalue weighted by Crippen LogP contribution is -2.47. The van der Waals surface area contributed by atoms with Crippen LogP contribution in [0.4, 0.5) is 5.69 Å². The summed E-state index contributed by atoms with van der Waals surface area (Å²) in [7, 11) is 4.74. The Morgan fingerprint density at radius 2 is 1.69 bits per heavy atom. The summed E-state index contributed by atoms with van der Waals surface area (Å²) in [5.74, 6) is 0.585. The molecule has 2 amide bonds. The van der Waals surface area contributed by atoms with Gasteiger partial charge >= 0.3 is 0 Å². The summed E-state index contributed by atoms with van der Waals surface area (Å²) in [6.07, 6.45) is 3.07. The maximum atomic E-state index is 13.3. The number of nitrogens with zero attached hydrogens (tertiary/aromatic N) is 1. The number of ether oxygens (including phenoxy) is 2. The minimum atomic E-state index is -0.228. The van der Waals surface area contributed by atoms with E-state index in [1.54, 1.807) is 19.2 Å². The molecule has 0 bridgehead atoms. The summed E-state index contributed by atoms with van der Waals surface area (Å²) in [6.45, 7) is 4.28. The lowest BCUT2D eigenvalue weighted by atomic mass is 9.96. The molecule has 1 fully saturated rings. The number of amides is 2. The molecule has 2 atom stereocenters. The lowest BCUT2D eigenvalue weighted by Gasteiger charge is -2.39. The second-order valence-electron chi connectivity index (χ2n) is 6.67. The normalized spacial score (nSPS) is 19.8. The Labute approximate surface area is 155 Å². The van der Waals surface area contributed by atoms with Gasteiger partial charge in [-0.25, -0.2) is 0 Å². The molecule has 26 heavy (non-hydrogen) atoms. The van der Waals surface area contributed by atoms with Crippen LogP contribution in [0.5, 0.6) is 11.5 Å². The number of nitrogens with one attached hydrogen (secondary N) is 2. The van der Waals surface area contributed by atoms with E-state index in [1.165, 1.54) is 14.2 Å². The number of hydrogen-bond donors (Lipinski definition) is 2. The standard InChI is InChI=1S/C19H29N3O4/c1-12-7-6-8-13(2)22(12)19(24)14-9-16(25-4)17(26-5)10-15(14)21-18(23)11-20-3/h9-10,12-13,20H,6-8,11H2,1-5H3,(H,21,23). The monoisotopic (exact) mass is 363 g/mol. The van der Waals surface area contributed by atoms with Crippen LogP contribution in [-0.2, 0) is 4.79 Å². The minimum Gasteiger partial charge on any atom is -0.493 e. The molecule has 0 aliphatic carbocycles. The highest BCUT2D eigenvalue weighted by molar-refractivity contribution is 6.05. The van der Waals surface area contributed by atoms with E-state index in [2.05, 4.69) is 24.5 Å². The summed E-state index contributed by atoms with van der Waals surface area (Å²) < 4.78 is 10.7. The zero-order valence-corrected chi connectivity index (χ0v) is 16.2. The van der Waals surface area contributed by atoms with Gasteiger partial charge in [-0.05, 0) is 46.2 Å². The number of anilines is 1. The molecular formula is C19H29N3O4. The molecule has 1 aromatic carbocycles. The molecule has 0 spiro atoms. The molecule has 0 saturated carbocycles. The van der Waals surface area contributed by atoms with Gasteiger partial charge in [0.25, 0.3) is 5.91 Å². The first-order valence-corrected chi connectivity index (χ1v) is 8.96. The van der Waals surface area contributed by atoms with Crippen LogP contribution in [0.15, 0.2) is 12.1 Å². The highest BCUT2D eigenvalue weighted by atomic mass is 16.5. The molecule has 2 unspecified atom stereocenters. The van der Waals surface area contributed by atoms with Crippen molar-refractivity contribution in [3.05, 3.63) is 17.7 Å². The molecule has 1 aliphatic heterocycles. The van der Waals surface area contributed by atoms with E-state index in [4.69, 9.17) is 9.47 Å². The molecule has 1 saturated heterocycles. The zero-order valence-electron chi connectivity index (χ0n) is 16.2. The number of carbonyl (C=O) groups excluding carboxylic acids is 2. The van der Waals surface area contributed by atoms with Crippen LogP contribution in [-0.4, -0.2) is 56.6 Å². The van der Waals surface area contributed by atoms with E-state index in [0.29, 0.717) is 22.7 Å². The first kappa shape index (κ1) is 20.0. The third-order valence-electron chi connectivity index (χ3n) is 4.79. The number of rotatable bonds is 6. The number of carbonyl (C=O) groups is 2. The number of methoxy groups -OCH3 is 2. The Bertz CT molecular complexity index is 652. The SMILES string of the molecule is CNCC(=O)Nc1cc(OC)c(OC)cc1C(=O)N1C(C)CCCC1C. The fourth-order valence-electron chi connectivity index (χ4n) is 3.47.